The minimum absolute atomic E-state index is 0.00404. The fourth-order valence-electron chi connectivity index (χ4n) is 2.02. The van der Waals surface area contributed by atoms with Crippen LogP contribution in [0.25, 0.3) is 0 Å². The van der Waals surface area contributed by atoms with E-state index in [9.17, 15) is 4.79 Å². The van der Waals surface area contributed by atoms with E-state index in [1.807, 2.05) is 26.0 Å². The van der Waals surface area contributed by atoms with Crippen molar-refractivity contribution in [1.29, 1.82) is 5.26 Å². The van der Waals surface area contributed by atoms with Crippen LogP contribution in [0.3, 0.4) is 0 Å². The predicted molar refractivity (Wildman–Crippen MR) is 75.1 cm³/mol. The molecule has 0 aliphatic heterocycles. The lowest BCUT2D eigenvalue weighted by atomic mass is 9.81. The first-order valence-corrected chi connectivity index (χ1v) is 6.59. The van der Waals surface area contributed by atoms with E-state index in [2.05, 4.69) is 11.4 Å². The zero-order chi connectivity index (χ0) is 14.3. The van der Waals surface area contributed by atoms with Gasteiger partial charge in [0.2, 0.25) is 5.91 Å². The van der Waals surface area contributed by atoms with Gasteiger partial charge in [-0.2, -0.15) is 5.26 Å². The molecule has 0 unspecified atom stereocenters. The van der Waals surface area contributed by atoms with Crippen molar-refractivity contribution in [2.45, 2.75) is 33.2 Å². The van der Waals surface area contributed by atoms with Gasteiger partial charge in [0.05, 0.1) is 17.0 Å². The number of benzene rings is 1. The number of amides is 1. The van der Waals surface area contributed by atoms with Gasteiger partial charge in [-0.3, -0.25) is 4.79 Å². The van der Waals surface area contributed by atoms with Gasteiger partial charge >= 0.3 is 0 Å². The van der Waals surface area contributed by atoms with E-state index in [1.165, 1.54) is 0 Å². The fourth-order valence-corrected chi connectivity index (χ4v) is 2.02. The molecule has 4 nitrogen and oxygen atoms in total. The van der Waals surface area contributed by atoms with Gasteiger partial charge in [0, 0.05) is 13.1 Å². The molecule has 1 aromatic rings. The monoisotopic (exact) mass is 259 g/mol. The molecule has 0 aliphatic rings. The molecule has 3 N–H and O–H groups in total. The molecule has 19 heavy (non-hydrogen) atoms. The van der Waals surface area contributed by atoms with E-state index in [1.54, 1.807) is 12.1 Å². The highest BCUT2D eigenvalue weighted by atomic mass is 16.2. The molecular weight excluding hydrogens is 238 g/mol. The zero-order valence-electron chi connectivity index (χ0n) is 11.6. The average Bonchev–Trinajstić information content (AvgIpc) is 2.48. The summed E-state index contributed by atoms with van der Waals surface area (Å²) in [5.74, 6) is 0.00404. The number of rotatable bonds is 6. The molecule has 0 saturated carbocycles. The van der Waals surface area contributed by atoms with Gasteiger partial charge in [0.1, 0.15) is 0 Å². The van der Waals surface area contributed by atoms with Gasteiger partial charge in [0.25, 0.3) is 0 Å². The minimum atomic E-state index is -0.466. The van der Waals surface area contributed by atoms with E-state index in [-0.39, 0.29) is 5.91 Å². The lowest BCUT2D eigenvalue weighted by molar-refractivity contribution is -0.131. The van der Waals surface area contributed by atoms with Crippen molar-refractivity contribution in [1.82, 2.24) is 5.32 Å². The maximum Gasteiger partial charge on any atom is 0.227 e. The molecule has 0 fully saturated rings. The Morgan fingerprint density at radius 3 is 2.32 bits per heavy atom. The number of carbonyl (C=O) groups is 1. The molecule has 0 saturated heterocycles. The molecule has 0 spiro atoms. The van der Waals surface area contributed by atoms with Crippen LogP contribution in [0.15, 0.2) is 24.3 Å². The summed E-state index contributed by atoms with van der Waals surface area (Å²) in [5, 5.41) is 11.6. The lowest BCUT2D eigenvalue weighted by Gasteiger charge is -2.28. The first-order valence-electron chi connectivity index (χ1n) is 6.59. The molecule has 0 radical (unpaired) electrons. The standard InChI is InChI=1S/C15H21N3O/c1-3-15(4-2,11-17)14(19)18-10-13-7-5-12(9-16)6-8-13/h5-8H,3-4,10-11,17H2,1-2H3,(H,18,19). The molecular formula is C15H21N3O. The highest BCUT2D eigenvalue weighted by molar-refractivity contribution is 5.82. The summed E-state index contributed by atoms with van der Waals surface area (Å²) in [6, 6.07) is 9.26. The van der Waals surface area contributed by atoms with E-state index < -0.39 is 5.41 Å². The van der Waals surface area contributed by atoms with Crippen LogP contribution in [0.1, 0.15) is 37.8 Å². The third-order valence-electron chi connectivity index (χ3n) is 3.76. The summed E-state index contributed by atoms with van der Waals surface area (Å²) >= 11 is 0. The van der Waals surface area contributed by atoms with Crippen molar-refractivity contribution in [3.05, 3.63) is 35.4 Å². The zero-order valence-corrected chi connectivity index (χ0v) is 11.6. The second kappa shape index (κ2) is 6.91. The number of hydrogen-bond donors (Lipinski definition) is 2. The van der Waals surface area contributed by atoms with E-state index in [0.29, 0.717) is 18.7 Å². The summed E-state index contributed by atoms with van der Waals surface area (Å²) in [6.45, 7) is 4.79. The maximum atomic E-state index is 12.2. The van der Waals surface area contributed by atoms with Gasteiger partial charge in [-0.05, 0) is 30.5 Å². The Bertz CT molecular complexity index is 447. The summed E-state index contributed by atoms with van der Waals surface area (Å²) < 4.78 is 0. The minimum Gasteiger partial charge on any atom is -0.352 e. The van der Waals surface area contributed by atoms with Gasteiger partial charge < -0.3 is 11.1 Å². The highest BCUT2D eigenvalue weighted by Gasteiger charge is 2.32. The van der Waals surface area contributed by atoms with Crippen LogP contribution in [-0.4, -0.2) is 12.5 Å². The third-order valence-corrected chi connectivity index (χ3v) is 3.76. The summed E-state index contributed by atoms with van der Waals surface area (Å²) in [6.07, 6.45) is 1.47. The molecule has 4 heteroatoms. The van der Waals surface area contributed by atoms with E-state index in [4.69, 9.17) is 11.0 Å². The van der Waals surface area contributed by atoms with Crippen molar-refractivity contribution in [3.8, 4) is 6.07 Å². The highest BCUT2D eigenvalue weighted by Crippen LogP contribution is 2.25. The second-order valence-corrected chi connectivity index (χ2v) is 4.68. The predicted octanol–water partition coefficient (Wildman–Crippen LogP) is 1.94. The third kappa shape index (κ3) is 3.55. The van der Waals surface area contributed by atoms with Crippen LogP contribution >= 0.6 is 0 Å². The Morgan fingerprint density at radius 2 is 1.89 bits per heavy atom. The molecule has 1 amide bonds. The number of nitrogens with two attached hydrogens (primary N) is 1. The second-order valence-electron chi connectivity index (χ2n) is 4.68. The van der Waals surface area contributed by atoms with Crippen LogP contribution in [-0.2, 0) is 11.3 Å². The van der Waals surface area contributed by atoms with Crippen molar-refractivity contribution < 1.29 is 4.79 Å². The quantitative estimate of drug-likeness (QED) is 0.819. The largest absolute Gasteiger partial charge is 0.352 e. The van der Waals surface area contributed by atoms with Gasteiger partial charge in [-0.1, -0.05) is 26.0 Å². The topological polar surface area (TPSA) is 78.9 Å². The van der Waals surface area contributed by atoms with Crippen molar-refractivity contribution in [3.63, 3.8) is 0 Å². The summed E-state index contributed by atoms with van der Waals surface area (Å²) in [4.78, 5) is 12.2. The van der Waals surface area contributed by atoms with Gasteiger partial charge in [-0.15, -0.1) is 0 Å². The van der Waals surface area contributed by atoms with Crippen LogP contribution < -0.4 is 11.1 Å². The van der Waals surface area contributed by atoms with Crippen molar-refractivity contribution in [2.24, 2.45) is 11.1 Å². The Balaban J connectivity index is 2.65. The number of carbonyl (C=O) groups excluding carboxylic acids is 1. The Morgan fingerprint density at radius 1 is 1.32 bits per heavy atom. The maximum absolute atomic E-state index is 12.2. The van der Waals surface area contributed by atoms with E-state index >= 15 is 0 Å². The number of nitrogens with zero attached hydrogens (tertiary/aromatic N) is 1. The van der Waals surface area contributed by atoms with Crippen LogP contribution in [0.5, 0.6) is 0 Å². The molecule has 0 aromatic heterocycles. The molecule has 0 bridgehead atoms. The van der Waals surface area contributed by atoms with Crippen LogP contribution in [0.2, 0.25) is 0 Å². The first kappa shape index (κ1) is 15.2. The van der Waals surface area contributed by atoms with Gasteiger partial charge in [0.15, 0.2) is 0 Å². The van der Waals surface area contributed by atoms with Gasteiger partial charge in [-0.25, -0.2) is 0 Å². The molecule has 102 valence electrons. The molecule has 1 rings (SSSR count). The number of hydrogen-bond acceptors (Lipinski definition) is 3. The number of nitriles is 1. The lowest BCUT2D eigenvalue weighted by Crippen LogP contribution is -2.45. The first-order chi connectivity index (χ1) is 9.11. The van der Waals surface area contributed by atoms with E-state index in [0.717, 1.165) is 18.4 Å². The fraction of sp³-hybridized carbons (Fsp3) is 0.467. The summed E-state index contributed by atoms with van der Waals surface area (Å²) in [5.41, 5.74) is 6.87. The molecule has 0 heterocycles. The van der Waals surface area contributed by atoms with Crippen molar-refractivity contribution in [2.75, 3.05) is 6.54 Å². The smallest absolute Gasteiger partial charge is 0.227 e. The summed E-state index contributed by atoms with van der Waals surface area (Å²) in [7, 11) is 0. The van der Waals surface area contributed by atoms with Crippen LogP contribution in [0, 0.1) is 16.7 Å². The molecule has 0 aliphatic carbocycles. The average molecular weight is 259 g/mol. The SMILES string of the molecule is CCC(CC)(CN)C(=O)NCc1ccc(C#N)cc1. The molecule has 0 atom stereocenters. The normalized spacial score (nSPS) is 10.8. The Kier molecular flexibility index (Phi) is 5.53. The Labute approximate surface area is 114 Å². The Hall–Kier alpha value is -1.86. The van der Waals surface area contributed by atoms with Crippen LogP contribution in [0.4, 0.5) is 0 Å². The number of nitrogens with one attached hydrogen (secondary N) is 1. The van der Waals surface area contributed by atoms with Crippen molar-refractivity contribution >= 4 is 5.91 Å². The molecule has 1 aromatic carbocycles.